The number of amides is 2. The molecule has 1 unspecified atom stereocenters. The monoisotopic (exact) mass is 1030 g/mol. The number of carboxylic acid groups (broad SMARTS) is 1. The number of nitrogens with one attached hydrogen (secondary N) is 2. The van der Waals surface area contributed by atoms with Crippen LogP contribution < -0.4 is 16.4 Å². The largest absolute Gasteiger partial charge is 0.477 e. The van der Waals surface area contributed by atoms with Gasteiger partial charge in [0.05, 0.1) is 5.69 Å². The Hall–Kier alpha value is -8.65. The molecular formula is C55H43N11O5S3. The van der Waals surface area contributed by atoms with E-state index in [1.807, 2.05) is 146 Å². The molecular weight excluding hydrogens is 991 g/mol. The second-order valence-electron chi connectivity index (χ2n) is 17.2. The number of hydrogen-bond donors (Lipinski definition) is 4. The summed E-state index contributed by atoms with van der Waals surface area (Å²) in [5.74, 6) is -2.19. The van der Waals surface area contributed by atoms with Gasteiger partial charge in [-0.2, -0.15) is 0 Å². The number of hydrogen-bond acceptors (Lipinski definition) is 15. The summed E-state index contributed by atoms with van der Waals surface area (Å²) in [4.78, 5) is 55.6. The number of thioether (sulfide) groups is 2. The van der Waals surface area contributed by atoms with E-state index in [-0.39, 0.29) is 28.6 Å². The van der Waals surface area contributed by atoms with Crippen LogP contribution in [0, 0.1) is 0 Å². The molecule has 0 spiro atoms. The molecule has 1 fully saturated rings. The fourth-order valence-corrected chi connectivity index (χ4v) is 12.5. The molecule has 0 aliphatic carbocycles. The molecule has 19 heteroatoms. The molecule has 1 saturated heterocycles. The van der Waals surface area contributed by atoms with E-state index < -0.39 is 40.3 Å². The SMILES string of the molecule is Nc1cc(SCC2=C(C(=O)O)N3C(=O)C(NC(=O)C(=NOC(c4ccccc4)(c4ccccc4)c4ccccc4)c4csc(NC(c5ccccc5)(c5ccccc5)c5ccccc5)n4)[C@H]3SC2)nn2nnnc12. The Morgan fingerprint density at radius 3 is 1.80 bits per heavy atom. The summed E-state index contributed by atoms with van der Waals surface area (Å²) in [6, 6.07) is 59.6. The van der Waals surface area contributed by atoms with Crippen molar-refractivity contribution in [2.75, 3.05) is 22.6 Å². The van der Waals surface area contributed by atoms with E-state index in [2.05, 4.69) is 67.7 Å². The molecule has 0 saturated carbocycles. The minimum absolute atomic E-state index is 0.155. The number of nitrogens with zero attached hydrogens (tertiary/aromatic N) is 8. The number of thiazole rings is 1. The molecule has 2 atom stereocenters. The number of rotatable bonds is 17. The number of aliphatic carboxylic acids is 1. The number of carbonyl (C=O) groups excluding carboxylic acids is 2. The standard InChI is InChI=1S/C55H43N11O5S3/c56-42-31-44(61-66-48(42)60-63-64-66)72-32-35-33-73-51-46(50(68)65(51)47(35)52(69)70)58-49(67)45(62-71-55(39-25-13-4-14-26-39,40-27-15-5-16-28-40)41-29-17-6-18-30-41)43-34-74-53(57-43)59-54(36-19-7-1-8-20-36,37-21-9-2-10-22-37)38-23-11-3-12-24-38/h1-31,34,46,51H,32-33,56H2,(H,57,59)(H,58,67)(H,69,70)/t46?,51-/m1/s1. The van der Waals surface area contributed by atoms with Crippen molar-refractivity contribution in [2.24, 2.45) is 5.16 Å². The van der Waals surface area contributed by atoms with Gasteiger partial charge in [-0.1, -0.05) is 199 Å². The van der Waals surface area contributed by atoms with Crippen LogP contribution in [0.3, 0.4) is 0 Å². The Morgan fingerprint density at radius 2 is 1.28 bits per heavy atom. The van der Waals surface area contributed by atoms with Crippen molar-refractivity contribution in [1.29, 1.82) is 0 Å². The highest BCUT2D eigenvalue weighted by atomic mass is 32.2. The van der Waals surface area contributed by atoms with Gasteiger partial charge in [0.15, 0.2) is 10.8 Å². The van der Waals surface area contributed by atoms with Crippen LogP contribution in [0.5, 0.6) is 0 Å². The highest BCUT2D eigenvalue weighted by Crippen LogP contribution is 2.44. The molecule has 16 nitrogen and oxygen atoms in total. The van der Waals surface area contributed by atoms with Gasteiger partial charge in [-0.3, -0.25) is 14.5 Å². The Bertz CT molecular complexity index is 3360. The smallest absolute Gasteiger partial charge is 0.352 e. The molecule has 3 aromatic heterocycles. The zero-order valence-electron chi connectivity index (χ0n) is 39.0. The number of nitrogens with two attached hydrogens (primary N) is 1. The molecule has 74 heavy (non-hydrogen) atoms. The van der Waals surface area contributed by atoms with Gasteiger partial charge < -0.3 is 26.3 Å². The van der Waals surface area contributed by atoms with Crippen molar-refractivity contribution in [3.63, 3.8) is 0 Å². The first-order valence-electron chi connectivity index (χ1n) is 23.3. The van der Waals surface area contributed by atoms with Crippen molar-refractivity contribution in [3.05, 3.63) is 244 Å². The Balaban J connectivity index is 0.973. The van der Waals surface area contributed by atoms with Crippen molar-refractivity contribution in [2.45, 2.75) is 27.6 Å². The minimum Gasteiger partial charge on any atom is -0.477 e. The molecule has 9 aromatic rings. The lowest BCUT2D eigenvalue weighted by atomic mass is 9.77. The molecule has 0 bridgehead atoms. The third-order valence-electron chi connectivity index (χ3n) is 12.8. The van der Waals surface area contributed by atoms with Crippen LogP contribution in [0.2, 0.25) is 0 Å². The molecule has 0 radical (unpaired) electrons. The lowest BCUT2D eigenvalue weighted by Crippen LogP contribution is -2.71. The zero-order valence-corrected chi connectivity index (χ0v) is 41.5. The highest BCUT2D eigenvalue weighted by molar-refractivity contribution is 8.01. The molecule has 366 valence electrons. The summed E-state index contributed by atoms with van der Waals surface area (Å²) in [6.45, 7) is 0. The number of carbonyl (C=O) groups is 3. The molecule has 6 aromatic carbocycles. The number of tetrazole rings is 1. The van der Waals surface area contributed by atoms with Gasteiger partial charge in [0, 0.05) is 33.6 Å². The number of oxime groups is 1. The predicted molar refractivity (Wildman–Crippen MR) is 285 cm³/mol. The van der Waals surface area contributed by atoms with Gasteiger partial charge in [-0.05, 0) is 38.8 Å². The molecule has 2 aliphatic rings. The first-order valence-corrected chi connectivity index (χ1v) is 26.2. The summed E-state index contributed by atoms with van der Waals surface area (Å²) in [7, 11) is 0. The topological polar surface area (TPSA) is 215 Å². The normalized spacial score (nSPS) is 15.8. The molecule has 5 heterocycles. The number of carboxylic acids is 1. The highest BCUT2D eigenvalue weighted by Gasteiger charge is 2.54. The van der Waals surface area contributed by atoms with Crippen LogP contribution >= 0.6 is 34.9 Å². The number of aromatic nitrogens is 6. The van der Waals surface area contributed by atoms with Crippen molar-refractivity contribution in [1.82, 2.24) is 40.5 Å². The Labute approximate surface area is 436 Å². The van der Waals surface area contributed by atoms with Crippen molar-refractivity contribution < 1.29 is 24.3 Å². The van der Waals surface area contributed by atoms with Gasteiger partial charge in [-0.25, -0.2) is 9.78 Å². The van der Waals surface area contributed by atoms with Gasteiger partial charge in [0.25, 0.3) is 11.8 Å². The van der Waals surface area contributed by atoms with Gasteiger partial charge in [0.2, 0.25) is 11.2 Å². The Kier molecular flexibility index (Phi) is 13.2. The summed E-state index contributed by atoms with van der Waals surface area (Å²) < 4.78 is 1.20. The second-order valence-corrected chi connectivity index (χ2v) is 20.1. The van der Waals surface area contributed by atoms with Gasteiger partial charge in [-0.15, -0.1) is 37.9 Å². The first kappa shape index (κ1) is 47.7. The Morgan fingerprint density at radius 1 is 0.770 bits per heavy atom. The quantitative estimate of drug-likeness (QED) is 0.0222. The fraction of sp³-hybridized carbons (Fsp3) is 0.109. The van der Waals surface area contributed by atoms with Gasteiger partial charge in [0.1, 0.15) is 33.4 Å². The van der Waals surface area contributed by atoms with Crippen molar-refractivity contribution >= 4 is 74.8 Å². The molecule has 2 aliphatic heterocycles. The third-order valence-corrected chi connectivity index (χ3v) is 15.9. The third kappa shape index (κ3) is 8.79. The number of benzene rings is 6. The number of fused-ring (bicyclic) bond motifs is 2. The van der Waals surface area contributed by atoms with E-state index in [1.165, 1.54) is 44.4 Å². The first-order chi connectivity index (χ1) is 36.2. The summed E-state index contributed by atoms with van der Waals surface area (Å²) in [6.07, 6.45) is 0. The van der Waals surface area contributed by atoms with Crippen LogP contribution in [0.1, 0.15) is 39.1 Å². The van der Waals surface area contributed by atoms with E-state index in [9.17, 15) is 14.7 Å². The van der Waals surface area contributed by atoms with Crippen LogP contribution in [0.25, 0.3) is 5.65 Å². The molecule has 2 amide bonds. The lowest BCUT2D eigenvalue weighted by molar-refractivity contribution is -0.150. The summed E-state index contributed by atoms with van der Waals surface area (Å²) >= 11 is 3.85. The van der Waals surface area contributed by atoms with E-state index in [4.69, 9.17) is 20.7 Å². The summed E-state index contributed by atoms with van der Waals surface area (Å²) in [5, 5.41) is 39.7. The lowest BCUT2D eigenvalue weighted by Gasteiger charge is -2.49. The average Bonchev–Trinajstić information content (AvgIpc) is 4.14. The number of nitrogen functional groups attached to an aromatic ring is 1. The minimum atomic E-state index is -1.38. The maximum Gasteiger partial charge on any atom is 0.352 e. The predicted octanol–water partition coefficient (Wildman–Crippen LogP) is 8.21. The van der Waals surface area contributed by atoms with Crippen LogP contribution in [0.15, 0.2) is 215 Å². The maximum absolute atomic E-state index is 15.2. The summed E-state index contributed by atoms with van der Waals surface area (Å²) in [5.41, 5.74) is 9.76. The van der Waals surface area contributed by atoms with E-state index in [0.29, 0.717) is 27.1 Å². The van der Waals surface area contributed by atoms with Gasteiger partial charge >= 0.3 is 5.97 Å². The fourth-order valence-electron chi connectivity index (χ4n) is 9.36. The molecule has 5 N–H and O–H groups in total. The second kappa shape index (κ2) is 20.5. The zero-order chi connectivity index (χ0) is 50.7. The molecule has 11 rings (SSSR count). The van der Waals surface area contributed by atoms with E-state index in [0.717, 1.165) is 33.4 Å². The number of anilines is 2. The van der Waals surface area contributed by atoms with Crippen molar-refractivity contribution in [3.8, 4) is 0 Å². The van der Waals surface area contributed by atoms with E-state index >= 15 is 4.79 Å². The average molecular weight is 1030 g/mol. The number of β-lactam (4-membered cyclic amide) rings is 1. The van der Waals surface area contributed by atoms with Crippen LogP contribution in [-0.2, 0) is 30.4 Å². The van der Waals surface area contributed by atoms with E-state index in [1.54, 1.807) is 11.4 Å². The van der Waals surface area contributed by atoms with Crippen LogP contribution in [0.4, 0.5) is 10.8 Å². The maximum atomic E-state index is 15.2. The van der Waals surface area contributed by atoms with Crippen LogP contribution in [-0.4, -0.2) is 86.7 Å².